The third-order valence-corrected chi connectivity index (χ3v) is 16.4. The van der Waals surface area contributed by atoms with Gasteiger partial charge in [-0.2, -0.15) is 5.26 Å². The van der Waals surface area contributed by atoms with E-state index in [-0.39, 0.29) is 108 Å². The lowest BCUT2D eigenvalue weighted by atomic mass is 9.80. The fourth-order valence-electron chi connectivity index (χ4n) is 9.64. The molecule has 1 N–H and O–H groups in total. The molecule has 0 bridgehead atoms. The van der Waals surface area contributed by atoms with Crippen LogP contribution in [0.1, 0.15) is 254 Å². The zero-order valence-electron chi connectivity index (χ0n) is 84.6. The quantitative estimate of drug-likeness (QED) is 0.0145. The highest BCUT2D eigenvalue weighted by Crippen LogP contribution is 2.50. The van der Waals surface area contributed by atoms with E-state index in [1.165, 1.54) is 19.1 Å². The maximum atomic E-state index is 12.0. The van der Waals surface area contributed by atoms with Crippen molar-refractivity contribution in [2.75, 3.05) is 135 Å². The highest BCUT2D eigenvalue weighted by atomic mass is 16.5. The minimum Gasteiger partial charge on any atom is -0.464 e. The number of ketones is 3. The van der Waals surface area contributed by atoms with E-state index in [2.05, 4.69) is 125 Å². The fourth-order valence-corrected chi connectivity index (χ4v) is 9.64. The third-order valence-electron chi connectivity index (χ3n) is 16.4. The molecule has 3 fully saturated rings. The SMILES string of the molecule is C#CC(=O)C(C)(C)C.C#CC(=O)NC(C)(C)C.C#CC(=O)OCC(C)(C)C.C=CC(=O)N1CCC(C(C)(C)C)C1.C=CC(=O)OCC(C)(C)C.C=CCN(CC(C)(C)C)C(=O)/C=C/CN(C)C.CC(=O)C1(C(=O)OCC(C)(C)C)CC1.CC(C)(C)C(=O)C1(C#N)CC1.CCN(CC(C)(C)C)C(=O)/C=C/CN(C)C.CN(C)C/C=C/C(=O)N(C)CC(C)(C)C. The highest BCUT2D eigenvalue weighted by molar-refractivity contribution is 6.05. The third kappa shape index (κ3) is 75.5. The standard InChI is InChI=1S/C14H26N2O.C13H26N2O.C12H24N2O.C11H19NO.C11H18O3.C9H13NO.C8H14O2.C8H12O2.C7H11NO.C7H10O/c1-7-10-16(12-14(2,3)4)13(17)9-8-11-15(5)6;1-7-15(11-13(2,3)4)12(16)9-8-10-14(5)6;1-12(2,3)10-14(6)11(15)8-7-9-13(4)5;1-5-10(13)12-7-6-9(8-12)11(2,3)4;1-8(12)11(5-6-11)9(13)14-7-10(2,3)4;1-8(2,3)7(11)9(6-10)4-5-9;2*1-5-7(9)10-6-8(2,3)4;1-5-6(9)8-7(2,3)4;1-5-6(8)7(2,3)4/h7-9H,1,10-12H2,2-6H3;8-9H,7,10-11H2,1-6H3;7-8H,9-10H2,1-6H3;5,9H,1,6-8H2,2-4H3;5-7H2,1-4H3;4-5H2,1-3H3;5H,1,6H2,2-4H3;1H,6H2,2-4H3;1H,2-4H3,(H,8,9);1H,2-4H3/b2*9-8+;8-7+;;;;;;;. The molecule has 0 aromatic carbocycles. The van der Waals surface area contributed by atoms with Crippen LogP contribution in [0.15, 0.2) is 74.4 Å². The summed E-state index contributed by atoms with van der Waals surface area (Å²) in [6.07, 6.45) is 33.4. The molecule has 1 saturated heterocycles. The number of nitrogens with zero attached hydrogens (tertiary/aromatic N) is 8. The number of amides is 5. The van der Waals surface area contributed by atoms with E-state index in [0.29, 0.717) is 50.5 Å². The van der Waals surface area contributed by atoms with Gasteiger partial charge in [-0.05, 0) is 171 Å². The lowest BCUT2D eigenvalue weighted by Gasteiger charge is -2.28. The number of esters is 3. The molecule has 2 saturated carbocycles. The largest absolute Gasteiger partial charge is 0.464 e. The minimum atomic E-state index is -0.773. The molecule has 23 nitrogen and oxygen atoms in total. The molecule has 1 unspecified atom stereocenters. The van der Waals surface area contributed by atoms with Gasteiger partial charge in [0.1, 0.15) is 16.6 Å². The predicted molar refractivity (Wildman–Crippen MR) is 507 cm³/mol. The van der Waals surface area contributed by atoms with Crippen molar-refractivity contribution in [1.82, 2.24) is 39.6 Å². The molecule has 3 aliphatic rings. The van der Waals surface area contributed by atoms with E-state index < -0.39 is 16.8 Å². The van der Waals surface area contributed by atoms with Crippen LogP contribution in [-0.4, -0.2) is 239 Å². The number of likely N-dealkylation sites (tertiary alicyclic amines) is 1. The molecule has 123 heavy (non-hydrogen) atoms. The first-order valence-electron chi connectivity index (χ1n) is 42.4. The summed E-state index contributed by atoms with van der Waals surface area (Å²) >= 11 is 0. The van der Waals surface area contributed by atoms with Crippen molar-refractivity contribution in [2.24, 2.45) is 65.5 Å². The normalized spacial score (nSPS) is 14.4. The summed E-state index contributed by atoms with van der Waals surface area (Å²) < 4.78 is 14.6. The van der Waals surface area contributed by atoms with Crippen molar-refractivity contribution in [3.8, 4) is 43.1 Å². The lowest BCUT2D eigenvalue weighted by molar-refractivity contribution is -0.156. The number of rotatable bonds is 23. The van der Waals surface area contributed by atoms with Gasteiger partial charge < -0.3 is 53.8 Å². The summed E-state index contributed by atoms with van der Waals surface area (Å²) in [6.45, 7) is 83.4. The molecule has 2 aliphatic carbocycles. The first-order chi connectivity index (χ1) is 55.2. The van der Waals surface area contributed by atoms with Crippen LogP contribution in [0, 0.1) is 114 Å². The number of carbonyl (C=O) groups is 11. The van der Waals surface area contributed by atoms with Crippen molar-refractivity contribution in [1.29, 1.82) is 5.26 Å². The van der Waals surface area contributed by atoms with Crippen LogP contribution >= 0.6 is 0 Å². The molecule has 1 atom stereocenters. The van der Waals surface area contributed by atoms with Crippen LogP contribution in [0.3, 0.4) is 0 Å². The molecule has 5 amide bonds. The van der Waals surface area contributed by atoms with Crippen LogP contribution in [0.25, 0.3) is 0 Å². The number of nitriles is 1. The van der Waals surface area contributed by atoms with Crippen LogP contribution in [0.4, 0.5) is 0 Å². The van der Waals surface area contributed by atoms with Gasteiger partial charge in [0.2, 0.25) is 29.4 Å². The molecule has 0 radical (unpaired) electrons. The molecule has 23 heteroatoms. The first-order valence-corrected chi connectivity index (χ1v) is 42.4. The monoisotopic (exact) mass is 1720 g/mol. The van der Waals surface area contributed by atoms with E-state index in [1.54, 1.807) is 50.0 Å². The lowest BCUT2D eigenvalue weighted by Crippen LogP contribution is -2.39. The van der Waals surface area contributed by atoms with Gasteiger partial charge in [-0.3, -0.25) is 43.2 Å². The number of Topliss-reactive ketones (excluding diaryl/α,β-unsaturated/α-hetero) is 3. The van der Waals surface area contributed by atoms with Gasteiger partial charge in [0.25, 0.3) is 5.91 Å². The Bertz CT molecular complexity index is 3540. The Hall–Kier alpha value is -8.74. The van der Waals surface area contributed by atoms with E-state index >= 15 is 0 Å². The molecule has 0 spiro atoms. The Morgan fingerprint density at radius 1 is 0.496 bits per heavy atom. The Labute approximate surface area is 749 Å². The van der Waals surface area contributed by atoms with Crippen molar-refractivity contribution < 1.29 is 67.0 Å². The van der Waals surface area contributed by atoms with E-state index in [4.69, 9.17) is 34.0 Å². The number of likely N-dealkylation sites (N-methyl/N-ethyl adjacent to an activating group) is 5. The number of carbonyl (C=O) groups excluding carboxylic acids is 11. The smallest absolute Gasteiger partial charge is 0.384 e. The van der Waals surface area contributed by atoms with Gasteiger partial charge >= 0.3 is 17.9 Å². The second kappa shape index (κ2) is 59.2. The number of nitrogens with one attached hydrogen (secondary N) is 1. The van der Waals surface area contributed by atoms with Gasteiger partial charge in [-0.25, -0.2) is 9.59 Å². The average Bonchev–Trinajstić information content (AvgIpc) is 1.63. The number of terminal acetylenes is 3. The fraction of sp³-hybridized carbons (Fsp3) is 0.700. The maximum absolute atomic E-state index is 12.0. The van der Waals surface area contributed by atoms with Gasteiger partial charge in [0.05, 0.1) is 25.9 Å². The summed E-state index contributed by atoms with van der Waals surface area (Å²) in [5, 5.41) is 11.3. The molecular weight excluding hydrogens is 1550 g/mol. The van der Waals surface area contributed by atoms with E-state index in [9.17, 15) is 52.7 Å². The summed E-state index contributed by atoms with van der Waals surface area (Å²) in [7, 11) is 13.7. The highest BCUT2D eigenvalue weighted by Gasteiger charge is 2.56. The summed E-state index contributed by atoms with van der Waals surface area (Å²) in [5.74, 6) is 5.14. The van der Waals surface area contributed by atoms with E-state index in [1.807, 2.05) is 220 Å². The Morgan fingerprint density at radius 3 is 1.14 bits per heavy atom. The van der Waals surface area contributed by atoms with Gasteiger partial charge in [0, 0.05) is 119 Å². The summed E-state index contributed by atoms with van der Waals surface area (Å²) in [6, 6.07) is 2.11. The van der Waals surface area contributed by atoms with Gasteiger partial charge in [-0.15, -0.1) is 25.8 Å². The second-order valence-corrected chi connectivity index (χ2v) is 43.3. The molecular formula is C100H173N9O14. The van der Waals surface area contributed by atoms with Crippen molar-refractivity contribution in [3.63, 3.8) is 0 Å². The zero-order valence-corrected chi connectivity index (χ0v) is 84.6. The van der Waals surface area contributed by atoms with Crippen molar-refractivity contribution >= 4 is 64.8 Å². The molecule has 1 heterocycles. The topological polar surface area (TPSA) is 274 Å². The Morgan fingerprint density at radius 2 is 0.886 bits per heavy atom. The number of ether oxygens (including phenoxy) is 3. The molecule has 0 aromatic heterocycles. The average molecular weight is 1730 g/mol. The Kier molecular flexibility index (Phi) is 61.3. The minimum absolute atomic E-state index is 0.00743. The summed E-state index contributed by atoms with van der Waals surface area (Å²) in [4.78, 5) is 136. The van der Waals surface area contributed by atoms with Crippen LogP contribution in [0.2, 0.25) is 0 Å². The maximum Gasteiger partial charge on any atom is 0.384 e. The number of hydrogen-bond acceptors (Lipinski definition) is 18. The molecule has 3 rings (SSSR count). The predicted octanol–water partition coefficient (Wildman–Crippen LogP) is 16.4. The molecule has 0 aromatic rings. The van der Waals surface area contributed by atoms with Crippen LogP contribution in [-0.2, 0) is 67.0 Å². The van der Waals surface area contributed by atoms with Crippen LogP contribution < -0.4 is 5.32 Å². The molecule has 1 aliphatic heterocycles. The Balaban J connectivity index is -0.000000245. The van der Waals surface area contributed by atoms with E-state index in [0.717, 1.165) is 78.2 Å². The summed E-state index contributed by atoms with van der Waals surface area (Å²) in [5.41, 5.74) is -1.59. The second-order valence-electron chi connectivity index (χ2n) is 43.3. The van der Waals surface area contributed by atoms with Gasteiger partial charge in [-0.1, -0.05) is 224 Å². The van der Waals surface area contributed by atoms with Crippen molar-refractivity contribution in [2.45, 2.75) is 259 Å². The van der Waals surface area contributed by atoms with Crippen LogP contribution in [0.5, 0.6) is 0 Å². The van der Waals surface area contributed by atoms with Crippen molar-refractivity contribution in [3.05, 3.63) is 74.4 Å². The molecule has 702 valence electrons. The number of hydrogen-bond donors (Lipinski definition) is 1. The van der Waals surface area contributed by atoms with Gasteiger partial charge in [0.15, 0.2) is 5.78 Å². The zero-order chi connectivity index (χ0) is 98.7. The first kappa shape index (κ1) is 127.